The van der Waals surface area contributed by atoms with Crippen LogP contribution < -0.4 is 4.74 Å². The highest BCUT2D eigenvalue weighted by atomic mass is 79.9. The van der Waals surface area contributed by atoms with Crippen LogP contribution in [0.3, 0.4) is 0 Å². The van der Waals surface area contributed by atoms with Crippen LogP contribution >= 0.6 is 15.9 Å². The minimum absolute atomic E-state index is 0.000625. The fourth-order valence-electron chi connectivity index (χ4n) is 0.825. The zero-order valence-electron chi connectivity index (χ0n) is 6.97. The van der Waals surface area contributed by atoms with Crippen molar-refractivity contribution in [3.05, 3.63) is 28.5 Å². The molecule has 0 saturated carbocycles. The van der Waals surface area contributed by atoms with Crippen molar-refractivity contribution in [3.63, 3.8) is 0 Å². The van der Waals surface area contributed by atoms with Gasteiger partial charge in [0.1, 0.15) is 0 Å². The van der Waals surface area contributed by atoms with E-state index in [1.54, 1.807) is 12.1 Å². The van der Waals surface area contributed by atoms with E-state index in [4.69, 9.17) is 4.74 Å². The van der Waals surface area contributed by atoms with Gasteiger partial charge in [0.15, 0.2) is 11.6 Å². The predicted molar refractivity (Wildman–Crippen MR) is 49.9 cm³/mol. The largest absolute Gasteiger partial charge is 0.488 e. The lowest BCUT2D eigenvalue weighted by Gasteiger charge is -2.09. The monoisotopic (exact) mass is 232 g/mol. The molecule has 0 spiro atoms. The van der Waals surface area contributed by atoms with Gasteiger partial charge >= 0.3 is 0 Å². The Balaban J connectivity index is 2.86. The Kier molecular flexibility index (Phi) is 3.09. The van der Waals surface area contributed by atoms with Crippen molar-refractivity contribution in [1.29, 1.82) is 0 Å². The molecule has 1 aromatic carbocycles. The quantitative estimate of drug-likeness (QED) is 0.760. The second-order valence-corrected chi connectivity index (χ2v) is 3.66. The van der Waals surface area contributed by atoms with Crippen LogP contribution in [0.4, 0.5) is 4.39 Å². The predicted octanol–water partition coefficient (Wildman–Crippen LogP) is 3.38. The Morgan fingerprint density at radius 3 is 2.58 bits per heavy atom. The van der Waals surface area contributed by atoms with E-state index in [2.05, 4.69) is 15.9 Å². The molecule has 0 radical (unpaired) electrons. The molecule has 0 aliphatic rings. The lowest BCUT2D eigenvalue weighted by atomic mass is 10.3. The topological polar surface area (TPSA) is 9.23 Å². The summed E-state index contributed by atoms with van der Waals surface area (Å²) in [5.74, 6) is -0.0359. The molecule has 0 fully saturated rings. The summed E-state index contributed by atoms with van der Waals surface area (Å²) >= 11 is 3.17. The lowest BCUT2D eigenvalue weighted by molar-refractivity contribution is 0.231. The number of benzene rings is 1. The van der Waals surface area contributed by atoms with E-state index < -0.39 is 0 Å². The standard InChI is InChI=1S/C9H10BrFO/c1-6(2)12-9-4-3-7(10)5-8(9)11/h3-6H,1-2H3. The Morgan fingerprint density at radius 2 is 2.08 bits per heavy atom. The van der Waals surface area contributed by atoms with E-state index in [1.165, 1.54) is 6.07 Å². The fourth-order valence-corrected chi connectivity index (χ4v) is 1.16. The molecule has 0 heterocycles. The minimum Gasteiger partial charge on any atom is -0.488 e. The van der Waals surface area contributed by atoms with Crippen molar-refractivity contribution in [1.82, 2.24) is 0 Å². The van der Waals surface area contributed by atoms with Crippen molar-refractivity contribution in [2.24, 2.45) is 0 Å². The van der Waals surface area contributed by atoms with E-state index in [0.717, 1.165) is 4.47 Å². The van der Waals surface area contributed by atoms with Gasteiger partial charge in [-0.1, -0.05) is 15.9 Å². The van der Waals surface area contributed by atoms with E-state index >= 15 is 0 Å². The maximum atomic E-state index is 13.1. The number of ether oxygens (including phenoxy) is 1. The molecule has 0 saturated heterocycles. The average Bonchev–Trinajstić information content (AvgIpc) is 1.94. The number of hydrogen-bond acceptors (Lipinski definition) is 1. The van der Waals surface area contributed by atoms with Crippen LogP contribution in [-0.2, 0) is 0 Å². The van der Waals surface area contributed by atoms with E-state index in [9.17, 15) is 4.39 Å². The number of hydrogen-bond donors (Lipinski definition) is 0. The van der Waals surface area contributed by atoms with Gasteiger partial charge in [0, 0.05) is 4.47 Å². The van der Waals surface area contributed by atoms with E-state index in [0.29, 0.717) is 5.75 Å². The highest BCUT2D eigenvalue weighted by Crippen LogP contribution is 2.22. The zero-order chi connectivity index (χ0) is 9.14. The van der Waals surface area contributed by atoms with Crippen LogP contribution in [0, 0.1) is 5.82 Å². The molecule has 3 heteroatoms. The Bertz CT molecular complexity index is 273. The van der Waals surface area contributed by atoms with Gasteiger partial charge in [-0.3, -0.25) is 0 Å². The van der Waals surface area contributed by atoms with Crippen molar-refractivity contribution < 1.29 is 9.13 Å². The molecular weight excluding hydrogens is 223 g/mol. The summed E-state index contributed by atoms with van der Waals surface area (Å²) in [5.41, 5.74) is 0. The molecular formula is C9H10BrFO. The first kappa shape index (κ1) is 9.52. The van der Waals surface area contributed by atoms with Gasteiger partial charge in [0.2, 0.25) is 0 Å². The van der Waals surface area contributed by atoms with Crippen LogP contribution in [-0.4, -0.2) is 6.10 Å². The van der Waals surface area contributed by atoms with Crippen LogP contribution in [0.5, 0.6) is 5.75 Å². The lowest BCUT2D eigenvalue weighted by Crippen LogP contribution is -2.06. The third kappa shape index (κ3) is 2.48. The van der Waals surface area contributed by atoms with Crippen LogP contribution in [0.25, 0.3) is 0 Å². The third-order valence-electron chi connectivity index (χ3n) is 1.26. The minimum atomic E-state index is -0.335. The number of rotatable bonds is 2. The van der Waals surface area contributed by atoms with Crippen molar-refractivity contribution >= 4 is 15.9 Å². The van der Waals surface area contributed by atoms with Gasteiger partial charge in [-0.15, -0.1) is 0 Å². The first-order valence-electron chi connectivity index (χ1n) is 3.71. The Morgan fingerprint density at radius 1 is 1.42 bits per heavy atom. The highest BCUT2D eigenvalue weighted by Gasteiger charge is 2.04. The highest BCUT2D eigenvalue weighted by molar-refractivity contribution is 9.10. The molecule has 0 aliphatic heterocycles. The van der Waals surface area contributed by atoms with Gasteiger partial charge in [-0.2, -0.15) is 0 Å². The first-order chi connectivity index (χ1) is 5.59. The van der Waals surface area contributed by atoms with Gasteiger partial charge < -0.3 is 4.74 Å². The molecule has 12 heavy (non-hydrogen) atoms. The normalized spacial score (nSPS) is 10.4. The summed E-state index contributed by atoms with van der Waals surface area (Å²) in [5, 5.41) is 0. The summed E-state index contributed by atoms with van der Waals surface area (Å²) in [6.07, 6.45) is 0.000625. The summed E-state index contributed by atoms with van der Waals surface area (Å²) in [4.78, 5) is 0. The smallest absolute Gasteiger partial charge is 0.166 e. The zero-order valence-corrected chi connectivity index (χ0v) is 8.56. The molecule has 1 rings (SSSR count). The Labute approximate surface area is 79.7 Å². The molecule has 0 bridgehead atoms. The second-order valence-electron chi connectivity index (χ2n) is 2.74. The van der Waals surface area contributed by atoms with Gasteiger partial charge in [0.05, 0.1) is 6.10 Å². The second kappa shape index (κ2) is 3.90. The molecule has 0 unspecified atom stereocenters. The maximum Gasteiger partial charge on any atom is 0.166 e. The molecule has 0 amide bonds. The third-order valence-corrected chi connectivity index (χ3v) is 1.75. The fraction of sp³-hybridized carbons (Fsp3) is 0.333. The molecule has 66 valence electrons. The van der Waals surface area contributed by atoms with Gasteiger partial charge in [-0.05, 0) is 32.0 Å². The SMILES string of the molecule is CC(C)Oc1ccc(Br)cc1F. The van der Waals surface area contributed by atoms with Gasteiger partial charge in [-0.25, -0.2) is 4.39 Å². The summed E-state index contributed by atoms with van der Waals surface area (Å²) < 4.78 is 19.0. The Hall–Kier alpha value is -0.570. The summed E-state index contributed by atoms with van der Waals surface area (Å²) in [6.45, 7) is 3.73. The van der Waals surface area contributed by atoms with Gasteiger partial charge in [0.25, 0.3) is 0 Å². The van der Waals surface area contributed by atoms with Crippen LogP contribution in [0.15, 0.2) is 22.7 Å². The van der Waals surface area contributed by atoms with Crippen LogP contribution in [0.1, 0.15) is 13.8 Å². The molecule has 0 atom stereocenters. The first-order valence-corrected chi connectivity index (χ1v) is 4.50. The average molecular weight is 233 g/mol. The molecule has 1 nitrogen and oxygen atoms in total. The van der Waals surface area contributed by atoms with E-state index in [1.807, 2.05) is 13.8 Å². The van der Waals surface area contributed by atoms with Crippen molar-refractivity contribution in [2.75, 3.05) is 0 Å². The van der Waals surface area contributed by atoms with E-state index in [-0.39, 0.29) is 11.9 Å². The summed E-state index contributed by atoms with van der Waals surface area (Å²) in [6, 6.07) is 4.75. The van der Waals surface area contributed by atoms with Crippen molar-refractivity contribution in [2.45, 2.75) is 20.0 Å². The molecule has 1 aromatic rings. The summed E-state index contributed by atoms with van der Waals surface area (Å²) in [7, 11) is 0. The number of halogens is 2. The molecule has 0 aliphatic carbocycles. The maximum absolute atomic E-state index is 13.1. The molecule has 0 aromatic heterocycles. The van der Waals surface area contributed by atoms with Crippen LogP contribution in [0.2, 0.25) is 0 Å². The van der Waals surface area contributed by atoms with Crippen molar-refractivity contribution in [3.8, 4) is 5.75 Å². The molecule has 0 N–H and O–H groups in total.